The maximum absolute atomic E-state index is 5.10. The molecule has 1 fully saturated rings. The summed E-state index contributed by atoms with van der Waals surface area (Å²) < 4.78 is 0. The molecule has 0 aromatic rings. The van der Waals surface area contributed by atoms with Crippen LogP contribution in [0.3, 0.4) is 0 Å². The predicted molar refractivity (Wildman–Crippen MR) is 36.4 cm³/mol. The van der Waals surface area contributed by atoms with Crippen LogP contribution in [-0.4, -0.2) is 42.5 Å². The maximum atomic E-state index is 5.10. The van der Waals surface area contributed by atoms with Gasteiger partial charge in [-0.3, -0.25) is 0 Å². The van der Waals surface area contributed by atoms with Gasteiger partial charge in [-0.15, -0.1) is 0 Å². The van der Waals surface area contributed by atoms with E-state index >= 15 is 0 Å². The van der Waals surface area contributed by atoms with E-state index in [1.807, 2.05) is 0 Å². The van der Waals surface area contributed by atoms with Gasteiger partial charge in [0.1, 0.15) is 0 Å². The molecule has 4 heteroatoms. The number of hydrogen-bond acceptors (Lipinski definition) is 3. The van der Waals surface area contributed by atoms with E-state index in [9.17, 15) is 0 Å². The first-order chi connectivity index (χ1) is 3.72. The molecular weight excluding hydrogens is 184 g/mol. The Morgan fingerprint density at radius 3 is 1.67 bits per heavy atom. The van der Waals surface area contributed by atoms with Crippen LogP contribution < -0.4 is 0 Å². The van der Waals surface area contributed by atoms with Gasteiger partial charge in [-0.05, 0) is 14.1 Å². The van der Waals surface area contributed by atoms with Crippen LogP contribution in [0.25, 0.3) is 0 Å². The van der Waals surface area contributed by atoms with Crippen LogP contribution in [0.15, 0.2) is 0 Å². The quantitative estimate of drug-likeness (QED) is 0.386. The molecule has 1 aliphatic rings. The van der Waals surface area contributed by atoms with Crippen molar-refractivity contribution in [2.75, 3.05) is 27.2 Å². The van der Waals surface area contributed by atoms with E-state index in [1.54, 1.807) is 0 Å². The first-order valence-corrected chi connectivity index (χ1v) is 3.25. The second-order valence-electron chi connectivity index (χ2n) is 2.29. The molecule has 0 aromatic heterocycles. The zero-order valence-electron chi connectivity index (χ0n) is 5.60. The molecule has 1 saturated heterocycles. The molecule has 0 amide bonds. The third-order valence-corrected chi connectivity index (χ3v) is 2.28. The van der Waals surface area contributed by atoms with Gasteiger partial charge in [0.25, 0.3) is 0 Å². The second-order valence-corrected chi connectivity index (χ2v) is 2.71. The fourth-order valence-electron chi connectivity index (χ4n) is 0.873. The van der Waals surface area contributed by atoms with Gasteiger partial charge in [-0.2, -0.15) is 0 Å². The van der Waals surface area contributed by atoms with Crippen LogP contribution in [0.1, 0.15) is 0 Å². The minimum absolute atomic E-state index is 0. The van der Waals surface area contributed by atoms with Crippen molar-refractivity contribution in [3.63, 3.8) is 0 Å². The Morgan fingerprint density at radius 2 is 1.56 bits per heavy atom. The SMILES string of the molecule is CN1CCN(C)C1[S-].[Cu+]. The third-order valence-electron chi connectivity index (χ3n) is 1.56. The van der Waals surface area contributed by atoms with Crippen molar-refractivity contribution in [1.29, 1.82) is 0 Å². The van der Waals surface area contributed by atoms with Gasteiger partial charge in [0.15, 0.2) is 0 Å². The van der Waals surface area contributed by atoms with E-state index in [0.29, 0.717) is 0 Å². The largest absolute Gasteiger partial charge is 1.00 e. The van der Waals surface area contributed by atoms with Crippen molar-refractivity contribution in [3.8, 4) is 0 Å². The molecule has 0 bridgehead atoms. The molecule has 0 aliphatic carbocycles. The topological polar surface area (TPSA) is 6.48 Å². The van der Waals surface area contributed by atoms with Crippen molar-refractivity contribution in [3.05, 3.63) is 0 Å². The van der Waals surface area contributed by atoms with Crippen molar-refractivity contribution in [2.24, 2.45) is 0 Å². The monoisotopic (exact) mass is 194 g/mol. The van der Waals surface area contributed by atoms with Crippen LogP contribution in [0.5, 0.6) is 0 Å². The average molecular weight is 195 g/mol. The van der Waals surface area contributed by atoms with Crippen LogP contribution in [0.2, 0.25) is 0 Å². The standard InChI is InChI=1S/C5H12N2S.Cu/c1-6-3-4-7(2)5(6)8;/h5,8H,3-4H2,1-2H3;/q;+1/p-1. The Morgan fingerprint density at radius 1 is 1.22 bits per heavy atom. The summed E-state index contributed by atoms with van der Waals surface area (Å²) >= 11 is 5.10. The second kappa shape index (κ2) is 3.84. The zero-order chi connectivity index (χ0) is 6.15. The van der Waals surface area contributed by atoms with E-state index in [4.69, 9.17) is 12.6 Å². The van der Waals surface area contributed by atoms with Gasteiger partial charge < -0.3 is 22.4 Å². The molecule has 0 aromatic carbocycles. The minimum Gasteiger partial charge on any atom is -0.758 e. The normalized spacial score (nSPS) is 24.3. The number of nitrogens with zero attached hydrogens (tertiary/aromatic N) is 2. The van der Waals surface area contributed by atoms with Gasteiger partial charge in [-0.1, -0.05) is 5.50 Å². The van der Waals surface area contributed by atoms with Crippen molar-refractivity contribution in [1.82, 2.24) is 9.80 Å². The van der Waals surface area contributed by atoms with Crippen molar-refractivity contribution >= 4 is 12.6 Å². The summed E-state index contributed by atoms with van der Waals surface area (Å²) in [6, 6.07) is 0. The molecule has 0 saturated carbocycles. The first kappa shape index (κ1) is 9.79. The van der Waals surface area contributed by atoms with E-state index in [-0.39, 0.29) is 22.6 Å². The maximum Gasteiger partial charge on any atom is 1.00 e. The molecule has 2 nitrogen and oxygen atoms in total. The Hall–Kier alpha value is 0.789. The molecule has 0 atom stereocenters. The van der Waals surface area contributed by atoms with Crippen molar-refractivity contribution in [2.45, 2.75) is 5.50 Å². The Bertz CT molecular complexity index is 81.0. The van der Waals surface area contributed by atoms with Gasteiger partial charge >= 0.3 is 17.1 Å². The molecule has 1 heterocycles. The van der Waals surface area contributed by atoms with Gasteiger partial charge in [0.05, 0.1) is 0 Å². The summed E-state index contributed by atoms with van der Waals surface area (Å²) in [7, 11) is 4.11. The molecule has 0 N–H and O–H groups in total. The Balaban J connectivity index is 0.000000640. The molecule has 1 rings (SSSR count). The van der Waals surface area contributed by atoms with Gasteiger partial charge in [0.2, 0.25) is 0 Å². The summed E-state index contributed by atoms with van der Waals surface area (Å²) in [5, 5.41) is 0. The smallest absolute Gasteiger partial charge is 0.758 e. The predicted octanol–water partition coefficient (Wildman–Crippen LogP) is -0.308. The summed E-state index contributed by atoms with van der Waals surface area (Å²) in [5.41, 5.74) is 0.231. The van der Waals surface area contributed by atoms with E-state index in [2.05, 4.69) is 23.9 Å². The molecular formula is C5H11CuN2S. The summed E-state index contributed by atoms with van der Waals surface area (Å²) in [6.07, 6.45) is 0. The number of rotatable bonds is 0. The molecule has 0 unspecified atom stereocenters. The molecule has 58 valence electrons. The molecule has 0 radical (unpaired) electrons. The Kier molecular flexibility index (Phi) is 4.17. The van der Waals surface area contributed by atoms with E-state index in [0.717, 1.165) is 13.1 Å². The van der Waals surface area contributed by atoms with Gasteiger partial charge in [0, 0.05) is 13.1 Å². The van der Waals surface area contributed by atoms with Crippen LogP contribution in [-0.2, 0) is 29.7 Å². The van der Waals surface area contributed by atoms with Crippen LogP contribution >= 0.6 is 0 Å². The summed E-state index contributed by atoms with van der Waals surface area (Å²) in [5.74, 6) is 0. The third kappa shape index (κ3) is 2.13. The fraction of sp³-hybridized carbons (Fsp3) is 1.00. The average Bonchev–Trinajstić information content (AvgIpc) is 1.98. The fourth-order valence-corrected chi connectivity index (χ4v) is 1.08. The van der Waals surface area contributed by atoms with Crippen LogP contribution in [0, 0.1) is 0 Å². The first-order valence-electron chi connectivity index (χ1n) is 2.78. The summed E-state index contributed by atoms with van der Waals surface area (Å²) in [4.78, 5) is 4.32. The minimum atomic E-state index is 0. The van der Waals surface area contributed by atoms with E-state index in [1.165, 1.54) is 0 Å². The molecule has 9 heavy (non-hydrogen) atoms. The molecule has 1 aliphatic heterocycles. The van der Waals surface area contributed by atoms with Crippen LogP contribution in [0.4, 0.5) is 0 Å². The summed E-state index contributed by atoms with van der Waals surface area (Å²) in [6.45, 7) is 2.23. The van der Waals surface area contributed by atoms with Gasteiger partial charge in [-0.25, -0.2) is 0 Å². The van der Waals surface area contributed by atoms with Crippen molar-refractivity contribution < 1.29 is 17.1 Å². The Labute approximate surface area is 72.5 Å². The van der Waals surface area contributed by atoms with E-state index < -0.39 is 0 Å². The number of hydrogen-bond donors (Lipinski definition) is 0. The number of likely N-dealkylation sites (N-methyl/N-ethyl adjacent to an activating group) is 2. The molecule has 0 spiro atoms. The zero-order valence-corrected chi connectivity index (χ0v) is 7.35.